The van der Waals surface area contributed by atoms with E-state index in [0.29, 0.717) is 112 Å². The van der Waals surface area contributed by atoms with Gasteiger partial charge in [0.15, 0.2) is 11.5 Å². The van der Waals surface area contributed by atoms with Crippen LogP contribution in [-0.4, -0.2) is 190 Å². The summed E-state index contributed by atoms with van der Waals surface area (Å²) >= 11 is 27.8. The summed E-state index contributed by atoms with van der Waals surface area (Å²) in [5.41, 5.74) is 17.9. The summed E-state index contributed by atoms with van der Waals surface area (Å²) in [5, 5.41) is 44.8. The number of hydrogen-bond acceptors (Lipinski definition) is 31. The number of benzene rings is 7. The molecule has 16 aromatic rings. The summed E-state index contributed by atoms with van der Waals surface area (Å²) in [6, 6.07) is 54.1. The van der Waals surface area contributed by atoms with Gasteiger partial charge >= 0.3 is 66.6 Å². The van der Waals surface area contributed by atoms with E-state index in [1.165, 1.54) is 125 Å². The molecule has 0 saturated heterocycles. The predicted octanol–water partition coefficient (Wildman–Crippen LogP) is 22.8. The molecule has 52 heteroatoms. The van der Waals surface area contributed by atoms with Crippen LogP contribution in [-0.2, 0) is 45.1 Å². The Bertz CT molecular complexity index is 7790. The number of thiophene rings is 5. The van der Waals surface area contributed by atoms with E-state index < -0.39 is 80.8 Å². The van der Waals surface area contributed by atoms with Crippen LogP contribution in [0.5, 0.6) is 11.5 Å². The number of ether oxygens (including phenoxy) is 5. The maximum atomic E-state index is 13.4. The number of nitrogen functional groups attached to an aromatic ring is 2. The number of carbonyl (C=O) groups is 9. The number of nitrogens with zero attached hydrogens (tertiary/aromatic N) is 5. The molecule has 9 aromatic heterocycles. The Morgan fingerprint density at radius 3 is 1.03 bits per heavy atom. The molecule has 16 rings (SSSR count). The van der Waals surface area contributed by atoms with Crippen LogP contribution in [0, 0.1) is 10.1 Å². The van der Waals surface area contributed by atoms with Crippen LogP contribution in [0.1, 0.15) is 151 Å². The van der Waals surface area contributed by atoms with Crippen molar-refractivity contribution in [3.05, 3.63) is 307 Å². The number of non-ortho nitro benzene ring substituents is 1. The van der Waals surface area contributed by atoms with Crippen molar-refractivity contribution in [2.45, 2.75) is 59.8 Å². The number of aromatic nitrogens is 4. The van der Waals surface area contributed by atoms with E-state index in [0.717, 1.165) is 82.0 Å². The number of halogens is 7. The van der Waals surface area contributed by atoms with Crippen molar-refractivity contribution in [2.75, 3.05) is 97.4 Å². The first kappa shape index (κ1) is 125. The Labute approximate surface area is 918 Å². The summed E-state index contributed by atoms with van der Waals surface area (Å²) < 4.78 is 95.3. The monoisotopic (exact) mass is 2410 g/mol. The van der Waals surface area contributed by atoms with Gasteiger partial charge in [0.1, 0.15) is 44.8 Å². The summed E-state index contributed by atoms with van der Waals surface area (Å²) in [7, 11) is 8.73. The Morgan fingerprint density at radius 1 is 0.413 bits per heavy atom. The first-order chi connectivity index (χ1) is 69.8. The Balaban J connectivity index is 0.000000316. The van der Waals surface area contributed by atoms with Crippen molar-refractivity contribution in [3.63, 3.8) is 0 Å². The van der Waals surface area contributed by atoms with Crippen molar-refractivity contribution >= 4 is 315 Å². The second-order valence-electron chi connectivity index (χ2n) is 31.9. The van der Waals surface area contributed by atoms with E-state index in [1.54, 1.807) is 127 Å². The molecular weight excluding hydrogens is 2320 g/mol. The molecule has 2 radical (unpaired) electrons. The summed E-state index contributed by atoms with van der Waals surface area (Å²) in [6.07, 6.45) is 7.53. The number of methoxy groups -OCH3 is 5. The van der Waals surface area contributed by atoms with Crippen LogP contribution in [0.25, 0.3) is 50.4 Å². The van der Waals surface area contributed by atoms with Gasteiger partial charge in [-0.1, -0.05) is 156 Å². The average molecular weight is 2420 g/mol. The first-order valence-electron chi connectivity index (χ1n) is 42.4. The minimum atomic E-state index is -3.61. The fourth-order valence-corrected chi connectivity index (χ4v) is 19.3. The van der Waals surface area contributed by atoms with Gasteiger partial charge in [-0.05, 0) is 171 Å². The summed E-state index contributed by atoms with van der Waals surface area (Å²) in [4.78, 5) is 134. The molecule has 0 saturated carbocycles. The molecule has 16 N–H and O–H groups in total. The molecule has 0 aliphatic rings. The number of rotatable bonds is 20. The van der Waals surface area contributed by atoms with Crippen LogP contribution < -0.4 is 51.7 Å². The molecule has 794 valence electrons. The fourth-order valence-electron chi connectivity index (χ4n) is 12.6. The van der Waals surface area contributed by atoms with Gasteiger partial charge in [0.25, 0.3) is 29.3 Å². The number of amides is 4. The number of pyridine rings is 4. The van der Waals surface area contributed by atoms with Crippen LogP contribution in [0.4, 0.5) is 55.6 Å². The van der Waals surface area contributed by atoms with Crippen molar-refractivity contribution in [1.82, 2.24) is 19.9 Å². The van der Waals surface area contributed by atoms with E-state index in [-0.39, 0.29) is 85.6 Å². The van der Waals surface area contributed by atoms with Gasteiger partial charge in [0.2, 0.25) is 20.0 Å². The number of nitrogens with two attached hydrogens (primary N) is 2. The predicted molar refractivity (Wildman–Crippen MR) is 600 cm³/mol. The van der Waals surface area contributed by atoms with Crippen LogP contribution in [0.3, 0.4) is 0 Å². The molecular formula is C98H98Cl6FN13O24S7Sn. The fraction of sp³-hybridized carbons (Fsp3) is 0.173. The molecule has 7 aromatic carbocycles. The van der Waals surface area contributed by atoms with Gasteiger partial charge < -0.3 is 77.6 Å². The summed E-state index contributed by atoms with van der Waals surface area (Å²) in [5.74, 6) is -4.04. The van der Waals surface area contributed by atoms with E-state index in [4.69, 9.17) is 102 Å². The molecule has 0 bridgehead atoms. The number of hydrogen-bond donors (Lipinski definition) is 10. The number of carboxylic acids is 2. The van der Waals surface area contributed by atoms with Gasteiger partial charge in [-0.2, -0.15) is 0 Å². The number of alkyl halides is 1. The zero-order chi connectivity index (χ0) is 110. The number of carbonyl (C=O) groups excluding carboxylic acids is 7. The van der Waals surface area contributed by atoms with Crippen molar-refractivity contribution in [3.8, 4) is 11.5 Å². The number of carboxylic acid groups (broad SMARTS) is 2. The SMILES string of the molecule is C.COC(=O)c1cc2cccc(N)c2s1.COC(=O)c1cc2cccc(NC(=O)c3ccc(Cl)nc3)c2s1.COC(=O)c1cc2cccc([N+](=O)[O-])c2s1.COc1c(N)cc(C(C)(C)C)cc1NS(C)(=O)=O.COc1c(NC(=O)c2cc3cccc(NC(=O)c4ccc(Cl)nc4)c3s2)cc(C(C)(C)C)cc1NS(C)(=O)=O.O.O.O=C(Nc1cccc2cc(C(=O)O)sc12)c1ccc(Cl)nc1.O=C(O)c1ccc(Cl)nc1.[2H]CF.[Cl][Sn][Cl]. The maximum absolute atomic E-state index is 13.4. The normalized spacial score (nSPS) is 10.6. The zero-order valence-electron chi connectivity index (χ0n) is 81.4. The number of fused-ring (bicyclic) bond motifs is 5. The third-order valence-electron chi connectivity index (χ3n) is 19.4. The number of nitro benzene ring substituents is 1. The quantitative estimate of drug-likeness (QED) is 0.00644. The third kappa shape index (κ3) is 36.5. The molecule has 0 aliphatic carbocycles. The number of sulfonamides is 2. The van der Waals surface area contributed by atoms with Crippen molar-refractivity contribution < 1.29 is 116 Å². The van der Waals surface area contributed by atoms with Gasteiger partial charge in [-0.3, -0.25) is 43.1 Å². The van der Waals surface area contributed by atoms with Gasteiger partial charge in [0, 0.05) is 41.9 Å². The van der Waals surface area contributed by atoms with Gasteiger partial charge in [-0.15, -0.1) is 56.7 Å². The number of esters is 3. The molecule has 150 heavy (non-hydrogen) atoms. The Morgan fingerprint density at radius 2 is 0.707 bits per heavy atom. The molecule has 0 atom stereocenters. The molecule has 0 fully saturated rings. The number of nitrogens with one attached hydrogen (secondary N) is 6. The average Bonchev–Trinajstić information content (AvgIpc) is 1.67. The number of anilines is 8. The van der Waals surface area contributed by atoms with Crippen LogP contribution in [0.2, 0.25) is 20.6 Å². The van der Waals surface area contributed by atoms with Crippen molar-refractivity contribution in [2.24, 2.45) is 0 Å². The van der Waals surface area contributed by atoms with Crippen LogP contribution >= 0.6 is 121 Å². The van der Waals surface area contributed by atoms with Gasteiger partial charge in [0.05, 0.1) is 147 Å². The van der Waals surface area contributed by atoms with E-state index in [1.807, 2.05) is 77.9 Å². The molecule has 0 unspecified atom stereocenters. The molecule has 4 amide bonds. The van der Waals surface area contributed by atoms with E-state index in [9.17, 15) is 74.5 Å². The van der Waals surface area contributed by atoms with Gasteiger partial charge in [-0.25, -0.2) is 60.7 Å². The third-order valence-corrected chi connectivity index (χ3v) is 27.3. The second kappa shape index (κ2) is 58.2. The molecule has 9 heterocycles. The summed E-state index contributed by atoms with van der Waals surface area (Å²) in [6.45, 7) is 12.0. The molecule has 0 spiro atoms. The number of nitro groups is 1. The second-order valence-corrected chi connectivity index (χ2v) is 46.4. The van der Waals surface area contributed by atoms with Crippen molar-refractivity contribution in [1.29, 1.82) is 0 Å². The molecule has 37 nitrogen and oxygen atoms in total. The molecule has 0 aliphatic heterocycles. The zero-order valence-corrected chi connectivity index (χ0v) is 93.6. The minimum absolute atomic E-state index is 0. The first-order valence-corrected chi connectivity index (χ1v) is 58.3. The Kier molecular flexibility index (Phi) is 48.6. The Hall–Kier alpha value is -13.3. The van der Waals surface area contributed by atoms with E-state index >= 15 is 0 Å². The topological polar surface area (TPSA) is 590 Å². The standard InChI is InChI=1S/C27H27ClN4O5S2.C16H11ClN2O3S.C15H9ClN2O3S.C12H20N2O3S.C10H7NO4S.C10H9NO2S.C6H4ClNO2.CH3F.CH4.2ClH.2H2O.Sn/c1-27(2,3)17-12-19(23(37-4)20(13-17)32-39(5,35)36)31-26(34)21-11-15-7-6-8-18(24(15)38-21)30-25(33)16-9-10-22(28)29-14-16;1-22-16(21)12-7-9-3-2-4-11(14(9)23-12)19-15(20)10-5-6-13(17)18-8-10;16-12-5-4-9(7-17-12)14(19)18-10-3-1-2-8-6-11(15(20)21)22-13(8)10;1-12(2,3)8-6-9(13)11(17-4)10(7-8)14-18(5,15)16;1-15-10(12)8-5-6-3-2-4-7(11(13)14)9(6)16-8;1-13-10(12)8-5-6-3-2-4-7(11)9(6)14-8;7-5-2-1-4(3-8-5)6(9)10;1-2;;;;;;/h6-14,32H,1-5H3,(H,30,33)(H,31,34);2-8H,1H3,(H,19,20);1-7H,(H,18,19)(H,20,21);6-7,14H,13H2,1-5H3;2-5H,1H3;2-5H,11H2,1H3;1-3H,(H,9,10);1H3;1H4;2*1H;2*1H2;/q;;;;;;;;;;;;;+2/p-2/i;;;;;;;1D;;;;;;. The van der Waals surface area contributed by atoms with Crippen LogP contribution in [0.15, 0.2) is 219 Å². The number of aromatic carboxylic acids is 2. The van der Waals surface area contributed by atoms with E-state index in [2.05, 4.69) is 60.1 Å².